The highest BCUT2D eigenvalue weighted by Crippen LogP contribution is 2.23. The lowest BCUT2D eigenvalue weighted by Crippen LogP contribution is -2.29. The molecule has 1 aromatic carbocycles. The Balaban J connectivity index is 1.82. The molecule has 1 amide bonds. The smallest absolute Gasteiger partial charge is 0.268 e. The van der Waals surface area contributed by atoms with Crippen LogP contribution in [0.15, 0.2) is 34.7 Å². The maximum Gasteiger partial charge on any atom is 0.268 e. The summed E-state index contributed by atoms with van der Waals surface area (Å²) in [7, 11) is 0. The van der Waals surface area contributed by atoms with Gasteiger partial charge in [-0.1, -0.05) is 53.0 Å². The number of carbonyl (C=O) groups is 1. The molecule has 1 N–H and O–H groups in total. The number of benzene rings is 1. The van der Waals surface area contributed by atoms with E-state index in [4.69, 9.17) is 9.52 Å². The van der Waals surface area contributed by atoms with Gasteiger partial charge in [-0.2, -0.15) is 5.10 Å². The van der Waals surface area contributed by atoms with Crippen molar-refractivity contribution in [3.05, 3.63) is 47.5 Å². The molecule has 0 aliphatic carbocycles. The fourth-order valence-electron chi connectivity index (χ4n) is 3.82. The van der Waals surface area contributed by atoms with Crippen LogP contribution in [0.25, 0.3) is 17.3 Å². The van der Waals surface area contributed by atoms with Crippen LogP contribution in [0.2, 0.25) is 0 Å². The number of aromatic nitrogens is 4. The number of amides is 1. The van der Waals surface area contributed by atoms with Gasteiger partial charge in [-0.15, -0.1) is 10.2 Å². The molecule has 0 saturated carbocycles. The molecule has 0 aliphatic rings. The summed E-state index contributed by atoms with van der Waals surface area (Å²) in [5.74, 6) is 1.95. The van der Waals surface area contributed by atoms with Gasteiger partial charge in [-0.3, -0.25) is 4.79 Å². The van der Waals surface area contributed by atoms with Crippen molar-refractivity contribution in [2.45, 2.75) is 73.1 Å². The average Bonchev–Trinajstić information content (AvgIpc) is 3.44. The lowest BCUT2D eigenvalue weighted by molar-refractivity contribution is 0.0945. The second-order valence-corrected chi connectivity index (χ2v) is 9.17. The fraction of sp³-hybridized carbons (Fsp3) is 0.538. The molecule has 2 aromatic heterocycles. The Hall–Kier alpha value is -2.96. The number of hydrogen-bond donors (Lipinski definition) is 1. The molecule has 0 radical (unpaired) electrons. The molecule has 0 unspecified atom stereocenters. The number of aryl methyl sites for hydroxylation is 2. The Kier molecular flexibility index (Phi) is 8.80. The molecule has 2 heterocycles. The third-order valence-electron chi connectivity index (χ3n) is 5.95. The summed E-state index contributed by atoms with van der Waals surface area (Å²) in [6.07, 6.45) is 6.50. The van der Waals surface area contributed by atoms with Gasteiger partial charge in [0.25, 0.3) is 11.8 Å². The monoisotopic (exact) mass is 451 g/mol. The molecule has 0 aliphatic heterocycles. The van der Waals surface area contributed by atoms with E-state index in [1.165, 1.54) is 12.8 Å². The van der Waals surface area contributed by atoms with Crippen molar-refractivity contribution in [3.8, 4) is 17.3 Å². The zero-order chi connectivity index (χ0) is 23.8. The Morgan fingerprint density at radius 1 is 1.15 bits per heavy atom. The van der Waals surface area contributed by atoms with Crippen molar-refractivity contribution in [1.29, 1.82) is 0 Å². The van der Waals surface area contributed by atoms with Crippen molar-refractivity contribution >= 4 is 5.91 Å². The van der Waals surface area contributed by atoms with Crippen LogP contribution < -0.4 is 5.32 Å². The lowest BCUT2D eigenvalue weighted by atomic mass is 9.99. The first-order valence-electron chi connectivity index (χ1n) is 12.2. The van der Waals surface area contributed by atoms with Crippen LogP contribution in [0, 0.1) is 18.8 Å². The zero-order valence-electron chi connectivity index (χ0n) is 20.6. The van der Waals surface area contributed by atoms with Crippen molar-refractivity contribution in [3.63, 3.8) is 0 Å². The summed E-state index contributed by atoms with van der Waals surface area (Å²) in [5.41, 5.74) is 3.18. The maximum atomic E-state index is 12.9. The fourth-order valence-corrected chi connectivity index (χ4v) is 3.82. The number of unbranched alkanes of at least 4 members (excludes halogenated alkanes) is 1. The van der Waals surface area contributed by atoms with E-state index in [9.17, 15) is 4.79 Å². The Morgan fingerprint density at radius 2 is 1.97 bits per heavy atom. The maximum absolute atomic E-state index is 12.9. The average molecular weight is 452 g/mol. The van der Waals surface area contributed by atoms with Crippen LogP contribution in [0.5, 0.6) is 0 Å². The molecule has 3 rings (SSSR count). The first kappa shape index (κ1) is 24.7. The Morgan fingerprint density at radius 3 is 2.64 bits per heavy atom. The Labute approximate surface area is 197 Å². The van der Waals surface area contributed by atoms with Crippen molar-refractivity contribution in [1.82, 2.24) is 25.3 Å². The van der Waals surface area contributed by atoms with Crippen LogP contribution >= 0.6 is 0 Å². The minimum Gasteiger partial charge on any atom is -0.420 e. The summed E-state index contributed by atoms with van der Waals surface area (Å²) in [5, 5.41) is 15.9. The van der Waals surface area contributed by atoms with E-state index >= 15 is 0 Å². The standard InChI is InChI=1S/C26H37N5O2/c1-6-8-10-20(7-2)17-27-25(32)21-11-9-12-22(15-21)31-23(14-13-18(3)4)16-24(30-31)26-29-28-19(5)33-26/h9,11-12,15-16,18,20H,6-8,10,13-14,17H2,1-5H3,(H,27,32)/t20-/m1/s1. The molecule has 0 fully saturated rings. The second kappa shape index (κ2) is 11.8. The highest BCUT2D eigenvalue weighted by molar-refractivity contribution is 5.94. The predicted molar refractivity (Wildman–Crippen MR) is 130 cm³/mol. The number of nitrogens with one attached hydrogen (secondary N) is 1. The zero-order valence-corrected chi connectivity index (χ0v) is 20.6. The van der Waals surface area contributed by atoms with Gasteiger partial charge in [0, 0.05) is 24.7 Å². The predicted octanol–water partition coefficient (Wildman–Crippen LogP) is 5.77. The van der Waals surface area contributed by atoms with Crippen molar-refractivity contribution in [2.24, 2.45) is 11.8 Å². The molecule has 7 heteroatoms. The molecule has 1 atom stereocenters. The minimum atomic E-state index is -0.0459. The topological polar surface area (TPSA) is 85.8 Å². The van der Waals surface area contributed by atoms with E-state index in [2.05, 4.69) is 43.2 Å². The number of carbonyl (C=O) groups excluding carboxylic acids is 1. The summed E-state index contributed by atoms with van der Waals surface area (Å²) < 4.78 is 7.48. The SMILES string of the molecule is CCCC[C@@H](CC)CNC(=O)c1cccc(-n2nc(-c3nnc(C)o3)cc2CCC(C)C)c1. The van der Waals surface area contributed by atoms with Crippen molar-refractivity contribution in [2.75, 3.05) is 6.54 Å². The lowest BCUT2D eigenvalue weighted by Gasteiger charge is -2.15. The van der Waals surface area contributed by atoms with E-state index in [0.717, 1.165) is 37.1 Å². The summed E-state index contributed by atoms with van der Waals surface area (Å²) in [6.45, 7) is 11.3. The molecule has 7 nitrogen and oxygen atoms in total. The van der Waals surface area contributed by atoms with Gasteiger partial charge >= 0.3 is 0 Å². The van der Waals surface area contributed by atoms with Gasteiger partial charge in [0.1, 0.15) is 5.69 Å². The van der Waals surface area contributed by atoms with Crippen LogP contribution in [0.3, 0.4) is 0 Å². The first-order valence-corrected chi connectivity index (χ1v) is 12.2. The molecule has 33 heavy (non-hydrogen) atoms. The highest BCUT2D eigenvalue weighted by Gasteiger charge is 2.17. The summed E-state index contributed by atoms with van der Waals surface area (Å²) >= 11 is 0. The van der Waals surface area contributed by atoms with E-state index in [0.29, 0.717) is 41.4 Å². The number of rotatable bonds is 12. The summed E-state index contributed by atoms with van der Waals surface area (Å²) in [4.78, 5) is 12.9. The van der Waals surface area contributed by atoms with E-state index in [1.54, 1.807) is 6.92 Å². The molecule has 0 bridgehead atoms. The normalized spacial score (nSPS) is 12.3. The quantitative estimate of drug-likeness (QED) is 0.378. The number of nitrogens with zero attached hydrogens (tertiary/aromatic N) is 4. The van der Waals surface area contributed by atoms with Gasteiger partial charge in [0.15, 0.2) is 0 Å². The van der Waals surface area contributed by atoms with Gasteiger partial charge in [-0.25, -0.2) is 4.68 Å². The van der Waals surface area contributed by atoms with Crippen LogP contribution in [-0.2, 0) is 6.42 Å². The highest BCUT2D eigenvalue weighted by atomic mass is 16.4. The Bertz CT molecular complexity index is 1040. The van der Waals surface area contributed by atoms with E-state index in [-0.39, 0.29) is 5.91 Å². The number of hydrogen-bond acceptors (Lipinski definition) is 5. The van der Waals surface area contributed by atoms with Crippen LogP contribution in [0.1, 0.15) is 81.7 Å². The first-order chi connectivity index (χ1) is 15.9. The van der Waals surface area contributed by atoms with Crippen LogP contribution in [0.4, 0.5) is 0 Å². The molecular weight excluding hydrogens is 414 g/mol. The molecule has 0 spiro atoms. The molecule has 0 saturated heterocycles. The van der Waals surface area contributed by atoms with Gasteiger partial charge < -0.3 is 9.73 Å². The van der Waals surface area contributed by atoms with Gasteiger partial charge in [0.2, 0.25) is 5.89 Å². The summed E-state index contributed by atoms with van der Waals surface area (Å²) in [6, 6.07) is 9.63. The largest absolute Gasteiger partial charge is 0.420 e. The van der Waals surface area contributed by atoms with Crippen molar-refractivity contribution < 1.29 is 9.21 Å². The van der Waals surface area contributed by atoms with E-state index in [1.807, 2.05) is 35.0 Å². The van der Waals surface area contributed by atoms with E-state index < -0.39 is 0 Å². The molecular formula is C26H37N5O2. The molecule has 178 valence electrons. The second-order valence-electron chi connectivity index (χ2n) is 9.17. The third-order valence-corrected chi connectivity index (χ3v) is 5.95. The molecule has 3 aromatic rings. The minimum absolute atomic E-state index is 0.0459. The van der Waals surface area contributed by atoms with Gasteiger partial charge in [-0.05, 0) is 55.4 Å². The van der Waals surface area contributed by atoms with Gasteiger partial charge in [0.05, 0.1) is 5.69 Å². The third kappa shape index (κ3) is 6.76. The van der Waals surface area contributed by atoms with Crippen LogP contribution in [-0.4, -0.2) is 32.4 Å².